The van der Waals surface area contributed by atoms with E-state index in [-0.39, 0.29) is 5.97 Å². The van der Waals surface area contributed by atoms with Crippen LogP contribution >= 0.6 is 0 Å². The van der Waals surface area contributed by atoms with Crippen molar-refractivity contribution in [3.05, 3.63) is 29.3 Å². The van der Waals surface area contributed by atoms with E-state index in [2.05, 4.69) is 16.1 Å². The average Bonchev–Trinajstić information content (AvgIpc) is 2.31. The summed E-state index contributed by atoms with van der Waals surface area (Å²) in [4.78, 5) is 10.9. The Kier molecular flexibility index (Phi) is 4.34. The summed E-state index contributed by atoms with van der Waals surface area (Å²) < 4.78 is 4.53. The molecule has 1 rings (SSSR count). The van der Waals surface area contributed by atoms with Crippen LogP contribution in [0.15, 0.2) is 18.2 Å². The van der Waals surface area contributed by atoms with E-state index in [1.807, 2.05) is 13.0 Å². The molecule has 1 aromatic rings. The van der Waals surface area contributed by atoms with Gasteiger partial charge in [-0.1, -0.05) is 6.07 Å². The Balaban J connectivity index is 2.60. The number of ether oxygens (including phenoxy) is 1. The van der Waals surface area contributed by atoms with Crippen molar-refractivity contribution >= 4 is 11.7 Å². The van der Waals surface area contributed by atoms with Crippen LogP contribution in [-0.2, 0) is 9.53 Å². The maximum Gasteiger partial charge on any atom is 0.307 e. The Labute approximate surface area is 94.8 Å². The van der Waals surface area contributed by atoms with Crippen LogP contribution in [-0.4, -0.2) is 19.6 Å². The summed E-state index contributed by atoms with van der Waals surface area (Å²) in [6.45, 7) is 2.45. The van der Waals surface area contributed by atoms with Gasteiger partial charge in [0.2, 0.25) is 0 Å². The summed E-state index contributed by atoms with van der Waals surface area (Å²) in [7, 11) is 1.36. The molecule has 1 N–H and O–H groups in total. The number of nitriles is 1. The minimum atomic E-state index is -0.249. The van der Waals surface area contributed by atoms with E-state index in [9.17, 15) is 4.79 Å². The van der Waals surface area contributed by atoms with Gasteiger partial charge in [0, 0.05) is 12.2 Å². The standard InChI is InChI=1S/C12H14N2O2/c1-9-3-4-10(8-13)7-11(9)14-6-5-12(15)16-2/h3-4,7,14H,5-6H2,1-2H3. The zero-order chi connectivity index (χ0) is 12.0. The molecule has 0 spiro atoms. The number of nitrogens with one attached hydrogen (secondary N) is 1. The number of esters is 1. The van der Waals surface area contributed by atoms with Crippen LogP contribution < -0.4 is 5.32 Å². The van der Waals surface area contributed by atoms with E-state index in [1.54, 1.807) is 12.1 Å². The topological polar surface area (TPSA) is 62.1 Å². The van der Waals surface area contributed by atoms with Crippen LogP contribution in [0.1, 0.15) is 17.5 Å². The van der Waals surface area contributed by atoms with Crippen molar-refractivity contribution in [3.63, 3.8) is 0 Å². The normalized spacial score (nSPS) is 9.31. The number of aryl methyl sites for hydroxylation is 1. The van der Waals surface area contributed by atoms with E-state index in [0.717, 1.165) is 11.3 Å². The molecule has 0 amide bonds. The third-order valence-corrected chi connectivity index (χ3v) is 2.24. The Bertz CT molecular complexity index is 422. The average molecular weight is 218 g/mol. The molecule has 16 heavy (non-hydrogen) atoms. The highest BCUT2D eigenvalue weighted by atomic mass is 16.5. The van der Waals surface area contributed by atoms with Crippen LogP contribution in [0, 0.1) is 18.3 Å². The molecule has 0 saturated carbocycles. The lowest BCUT2D eigenvalue weighted by Gasteiger charge is -2.08. The van der Waals surface area contributed by atoms with Gasteiger partial charge >= 0.3 is 5.97 Å². The third kappa shape index (κ3) is 3.28. The lowest BCUT2D eigenvalue weighted by Crippen LogP contribution is -2.10. The van der Waals surface area contributed by atoms with E-state index in [4.69, 9.17) is 5.26 Å². The summed E-state index contributed by atoms with van der Waals surface area (Å²) in [5, 5.41) is 11.9. The molecule has 0 saturated heterocycles. The summed E-state index contributed by atoms with van der Waals surface area (Å²) in [6, 6.07) is 7.48. The fraction of sp³-hybridized carbons (Fsp3) is 0.333. The number of anilines is 1. The highest BCUT2D eigenvalue weighted by Gasteiger charge is 2.02. The lowest BCUT2D eigenvalue weighted by atomic mass is 10.1. The fourth-order valence-electron chi connectivity index (χ4n) is 1.28. The number of carbonyl (C=O) groups is 1. The van der Waals surface area contributed by atoms with Crippen molar-refractivity contribution in [1.29, 1.82) is 5.26 Å². The van der Waals surface area contributed by atoms with E-state index >= 15 is 0 Å². The van der Waals surface area contributed by atoms with Crippen LogP contribution in [0.25, 0.3) is 0 Å². The maximum atomic E-state index is 10.9. The molecule has 0 atom stereocenters. The van der Waals surface area contributed by atoms with Gasteiger partial charge in [-0.05, 0) is 24.6 Å². The Hall–Kier alpha value is -2.02. The Morgan fingerprint density at radius 2 is 2.31 bits per heavy atom. The zero-order valence-electron chi connectivity index (χ0n) is 9.41. The minimum absolute atomic E-state index is 0.249. The zero-order valence-corrected chi connectivity index (χ0v) is 9.41. The first-order chi connectivity index (χ1) is 7.67. The molecule has 0 heterocycles. The quantitative estimate of drug-likeness (QED) is 0.783. The van der Waals surface area contributed by atoms with Crippen molar-refractivity contribution in [2.75, 3.05) is 19.0 Å². The molecule has 4 nitrogen and oxygen atoms in total. The molecule has 0 bridgehead atoms. The van der Waals surface area contributed by atoms with Crippen LogP contribution in [0.3, 0.4) is 0 Å². The van der Waals surface area contributed by atoms with E-state index < -0.39 is 0 Å². The largest absolute Gasteiger partial charge is 0.469 e. The number of hydrogen-bond donors (Lipinski definition) is 1. The van der Waals surface area contributed by atoms with Gasteiger partial charge < -0.3 is 10.1 Å². The van der Waals surface area contributed by atoms with Gasteiger partial charge in [0.25, 0.3) is 0 Å². The SMILES string of the molecule is COC(=O)CCNc1cc(C#N)ccc1C. The van der Waals surface area contributed by atoms with Gasteiger partial charge in [0.15, 0.2) is 0 Å². The van der Waals surface area contributed by atoms with Gasteiger partial charge in [-0.3, -0.25) is 4.79 Å². The molecule has 84 valence electrons. The highest BCUT2D eigenvalue weighted by molar-refractivity contribution is 5.70. The summed E-state index contributed by atoms with van der Waals surface area (Å²) >= 11 is 0. The second-order valence-electron chi connectivity index (χ2n) is 3.39. The molecule has 0 radical (unpaired) electrons. The van der Waals surface area contributed by atoms with Gasteiger partial charge in [-0.2, -0.15) is 5.26 Å². The molecular formula is C12H14N2O2. The smallest absolute Gasteiger partial charge is 0.307 e. The first kappa shape index (κ1) is 12.1. The molecular weight excluding hydrogens is 204 g/mol. The third-order valence-electron chi connectivity index (χ3n) is 2.24. The maximum absolute atomic E-state index is 10.9. The molecule has 1 aromatic carbocycles. The predicted octanol–water partition coefficient (Wildman–Crippen LogP) is 1.84. The monoisotopic (exact) mass is 218 g/mol. The fourth-order valence-corrected chi connectivity index (χ4v) is 1.28. The Morgan fingerprint density at radius 1 is 1.56 bits per heavy atom. The first-order valence-electron chi connectivity index (χ1n) is 4.99. The minimum Gasteiger partial charge on any atom is -0.469 e. The number of carbonyl (C=O) groups excluding carboxylic acids is 1. The Morgan fingerprint density at radius 3 is 2.94 bits per heavy atom. The van der Waals surface area contributed by atoms with Crippen molar-refractivity contribution in [2.24, 2.45) is 0 Å². The second kappa shape index (κ2) is 5.76. The summed E-state index contributed by atoms with van der Waals surface area (Å²) in [5.74, 6) is -0.249. The highest BCUT2D eigenvalue weighted by Crippen LogP contribution is 2.16. The predicted molar refractivity (Wildman–Crippen MR) is 61.0 cm³/mol. The van der Waals surface area contributed by atoms with Crippen LogP contribution in [0.4, 0.5) is 5.69 Å². The lowest BCUT2D eigenvalue weighted by molar-refractivity contribution is -0.140. The van der Waals surface area contributed by atoms with Gasteiger partial charge in [0.1, 0.15) is 0 Å². The number of benzene rings is 1. The van der Waals surface area contributed by atoms with Gasteiger partial charge in [0.05, 0.1) is 25.2 Å². The number of hydrogen-bond acceptors (Lipinski definition) is 4. The van der Waals surface area contributed by atoms with Crippen LogP contribution in [0.2, 0.25) is 0 Å². The molecule has 4 heteroatoms. The van der Waals surface area contributed by atoms with Crippen molar-refractivity contribution in [1.82, 2.24) is 0 Å². The van der Waals surface area contributed by atoms with Gasteiger partial charge in [-0.25, -0.2) is 0 Å². The van der Waals surface area contributed by atoms with E-state index in [0.29, 0.717) is 18.5 Å². The second-order valence-corrected chi connectivity index (χ2v) is 3.39. The summed E-state index contributed by atoms with van der Waals surface area (Å²) in [6.07, 6.45) is 0.312. The molecule has 0 aliphatic carbocycles. The summed E-state index contributed by atoms with van der Waals surface area (Å²) in [5.41, 5.74) is 2.53. The molecule has 0 fully saturated rings. The molecule has 0 aliphatic rings. The van der Waals surface area contributed by atoms with Crippen molar-refractivity contribution in [2.45, 2.75) is 13.3 Å². The first-order valence-corrected chi connectivity index (χ1v) is 4.99. The number of nitrogens with zero attached hydrogens (tertiary/aromatic N) is 1. The molecule has 0 aromatic heterocycles. The number of rotatable bonds is 4. The van der Waals surface area contributed by atoms with Crippen molar-refractivity contribution < 1.29 is 9.53 Å². The van der Waals surface area contributed by atoms with Crippen LogP contribution in [0.5, 0.6) is 0 Å². The van der Waals surface area contributed by atoms with Crippen molar-refractivity contribution in [3.8, 4) is 6.07 Å². The molecule has 0 aliphatic heterocycles. The van der Waals surface area contributed by atoms with Gasteiger partial charge in [-0.15, -0.1) is 0 Å². The molecule has 0 unspecified atom stereocenters. The number of methoxy groups -OCH3 is 1. The van der Waals surface area contributed by atoms with E-state index in [1.165, 1.54) is 7.11 Å².